The molecule has 0 spiro atoms. The Balaban J connectivity index is 1.38. The van der Waals surface area contributed by atoms with Crippen LogP contribution in [0.1, 0.15) is 18.5 Å². The molecule has 3 aromatic carbocycles. The molecule has 2 aliphatic rings. The van der Waals surface area contributed by atoms with Crippen LogP contribution in [-0.2, 0) is 14.8 Å². The van der Waals surface area contributed by atoms with Crippen LogP contribution in [0.25, 0.3) is 10.8 Å². The van der Waals surface area contributed by atoms with Gasteiger partial charge in [-0.15, -0.1) is 0 Å². The first-order valence-corrected chi connectivity index (χ1v) is 10.6. The second-order valence-electron chi connectivity index (χ2n) is 7.04. The van der Waals surface area contributed by atoms with Crippen molar-refractivity contribution in [2.45, 2.75) is 17.9 Å². The molecule has 0 aliphatic carbocycles. The van der Waals surface area contributed by atoms with Crippen molar-refractivity contribution in [3.8, 4) is 11.5 Å². The first-order chi connectivity index (χ1) is 13.9. The summed E-state index contributed by atoms with van der Waals surface area (Å²) in [5.41, 5.74) is 1.38. The number of fused-ring (bicyclic) bond motifs is 1. The van der Waals surface area contributed by atoms with Crippen LogP contribution in [0.15, 0.2) is 59.5 Å². The van der Waals surface area contributed by atoms with Crippen LogP contribution >= 0.6 is 0 Å². The molecule has 0 saturated heterocycles. The number of rotatable bonds is 4. The van der Waals surface area contributed by atoms with E-state index in [4.69, 9.17) is 9.47 Å². The summed E-state index contributed by atoms with van der Waals surface area (Å²) in [7, 11) is -3.77. The summed E-state index contributed by atoms with van der Waals surface area (Å²) >= 11 is 0. The zero-order valence-electron chi connectivity index (χ0n) is 15.6. The van der Waals surface area contributed by atoms with Gasteiger partial charge in [0.1, 0.15) is 6.54 Å². The van der Waals surface area contributed by atoms with E-state index < -0.39 is 10.0 Å². The minimum absolute atomic E-state index is 0.179. The summed E-state index contributed by atoms with van der Waals surface area (Å²) in [5, 5.41) is 4.36. The third-order valence-corrected chi connectivity index (χ3v) is 7.04. The van der Waals surface area contributed by atoms with Crippen molar-refractivity contribution < 1.29 is 22.7 Å². The molecule has 29 heavy (non-hydrogen) atoms. The first kappa shape index (κ1) is 17.8. The van der Waals surface area contributed by atoms with Crippen LogP contribution in [0, 0.1) is 0 Å². The Bertz CT molecular complexity index is 1250. The Kier molecular flexibility index (Phi) is 3.92. The molecular weight excluding hydrogens is 392 g/mol. The van der Waals surface area contributed by atoms with E-state index in [1.807, 2.05) is 31.2 Å². The monoisotopic (exact) mass is 410 g/mol. The third kappa shape index (κ3) is 2.79. The average Bonchev–Trinajstić information content (AvgIpc) is 3.26. The predicted molar refractivity (Wildman–Crippen MR) is 108 cm³/mol. The summed E-state index contributed by atoms with van der Waals surface area (Å²) in [6, 6.07) is 15.7. The summed E-state index contributed by atoms with van der Waals surface area (Å²) < 4.78 is 37.8. The van der Waals surface area contributed by atoms with Crippen molar-refractivity contribution in [2.75, 3.05) is 17.6 Å². The highest BCUT2D eigenvalue weighted by molar-refractivity contribution is 7.93. The Morgan fingerprint density at radius 1 is 1.10 bits per heavy atom. The lowest BCUT2D eigenvalue weighted by Gasteiger charge is -2.20. The zero-order valence-corrected chi connectivity index (χ0v) is 16.4. The van der Waals surface area contributed by atoms with Crippen LogP contribution in [-0.4, -0.2) is 27.7 Å². The maximum absolute atomic E-state index is 13.0. The number of benzene rings is 3. The van der Waals surface area contributed by atoms with Crippen LogP contribution < -0.4 is 19.1 Å². The van der Waals surface area contributed by atoms with Crippen LogP contribution in [0.3, 0.4) is 0 Å². The summed E-state index contributed by atoms with van der Waals surface area (Å²) in [6.45, 7) is 1.73. The fourth-order valence-corrected chi connectivity index (χ4v) is 5.48. The number of carbonyl (C=O) groups excluding carboxylic acids is 1. The van der Waals surface area contributed by atoms with Crippen LogP contribution in [0.2, 0.25) is 0 Å². The van der Waals surface area contributed by atoms with Gasteiger partial charge in [-0.2, -0.15) is 0 Å². The molecule has 5 rings (SSSR count). The van der Waals surface area contributed by atoms with E-state index in [-0.39, 0.29) is 30.2 Å². The molecule has 148 valence electrons. The topological polar surface area (TPSA) is 84.9 Å². The van der Waals surface area contributed by atoms with Crippen molar-refractivity contribution in [1.82, 2.24) is 5.32 Å². The summed E-state index contributed by atoms with van der Waals surface area (Å²) in [6.07, 6.45) is 0. The average molecular weight is 410 g/mol. The van der Waals surface area contributed by atoms with Gasteiger partial charge in [0.15, 0.2) is 11.5 Å². The zero-order chi connectivity index (χ0) is 20.2. The van der Waals surface area contributed by atoms with E-state index in [1.165, 1.54) is 4.31 Å². The van der Waals surface area contributed by atoms with Gasteiger partial charge in [-0.3, -0.25) is 9.10 Å². The Morgan fingerprint density at radius 3 is 2.69 bits per heavy atom. The van der Waals surface area contributed by atoms with E-state index in [1.54, 1.807) is 30.3 Å². The first-order valence-electron chi connectivity index (χ1n) is 9.18. The molecule has 0 radical (unpaired) electrons. The minimum atomic E-state index is -3.77. The van der Waals surface area contributed by atoms with Crippen LogP contribution in [0.4, 0.5) is 5.69 Å². The van der Waals surface area contributed by atoms with E-state index in [0.29, 0.717) is 22.6 Å². The Morgan fingerprint density at radius 2 is 1.86 bits per heavy atom. The molecule has 1 atom stereocenters. The fraction of sp³-hybridized carbons (Fsp3) is 0.190. The molecule has 0 saturated carbocycles. The molecule has 0 fully saturated rings. The third-order valence-electron chi connectivity index (χ3n) is 5.24. The van der Waals surface area contributed by atoms with Crippen molar-refractivity contribution in [3.05, 3.63) is 60.2 Å². The second-order valence-corrected chi connectivity index (χ2v) is 8.88. The lowest BCUT2D eigenvalue weighted by molar-refractivity contribution is -0.120. The van der Waals surface area contributed by atoms with Gasteiger partial charge < -0.3 is 14.8 Å². The van der Waals surface area contributed by atoms with Gasteiger partial charge in [0.25, 0.3) is 10.0 Å². The standard InChI is InChI=1S/C21H18N2O5S/c1-13(15-8-9-17-18(10-15)28-12-27-17)22-20(24)11-23-16-6-2-4-14-5-3-7-19(21(14)16)29(23,25)26/h2-10,13H,11-12H2,1H3,(H,22,24)/t13-/m1/s1. The van der Waals surface area contributed by atoms with E-state index in [0.717, 1.165) is 10.9 Å². The number of nitrogens with zero attached hydrogens (tertiary/aromatic N) is 1. The van der Waals surface area contributed by atoms with Crippen molar-refractivity contribution in [3.63, 3.8) is 0 Å². The molecule has 3 aromatic rings. The molecular formula is C21H18N2O5S. The largest absolute Gasteiger partial charge is 0.454 e. The van der Waals surface area contributed by atoms with Gasteiger partial charge in [-0.1, -0.05) is 30.3 Å². The number of amides is 1. The van der Waals surface area contributed by atoms with Crippen molar-refractivity contribution in [1.29, 1.82) is 0 Å². The number of carbonyl (C=O) groups is 1. The van der Waals surface area contributed by atoms with Gasteiger partial charge in [0, 0.05) is 5.39 Å². The van der Waals surface area contributed by atoms with E-state index in [9.17, 15) is 13.2 Å². The predicted octanol–water partition coefficient (Wildman–Crippen LogP) is 2.95. The minimum Gasteiger partial charge on any atom is -0.454 e. The van der Waals surface area contributed by atoms with Gasteiger partial charge in [-0.05, 0) is 42.1 Å². The summed E-state index contributed by atoms with van der Waals surface area (Å²) in [5.74, 6) is 0.915. The Hall–Kier alpha value is -3.26. The number of hydrogen-bond donors (Lipinski definition) is 1. The molecule has 8 heteroatoms. The molecule has 7 nitrogen and oxygen atoms in total. The van der Waals surface area contributed by atoms with Gasteiger partial charge in [-0.25, -0.2) is 8.42 Å². The smallest absolute Gasteiger partial charge is 0.265 e. The fourth-order valence-electron chi connectivity index (χ4n) is 3.81. The molecule has 2 aliphatic heterocycles. The van der Waals surface area contributed by atoms with E-state index in [2.05, 4.69) is 5.32 Å². The number of nitrogens with one attached hydrogen (secondary N) is 1. The molecule has 2 heterocycles. The molecule has 0 bridgehead atoms. The maximum atomic E-state index is 13.0. The summed E-state index contributed by atoms with van der Waals surface area (Å²) in [4.78, 5) is 12.9. The highest BCUT2D eigenvalue weighted by Gasteiger charge is 2.36. The molecule has 1 N–H and O–H groups in total. The van der Waals surface area contributed by atoms with Gasteiger partial charge in [0.05, 0.1) is 16.6 Å². The van der Waals surface area contributed by atoms with Crippen molar-refractivity contribution in [2.24, 2.45) is 0 Å². The normalized spacial score (nSPS) is 16.8. The highest BCUT2D eigenvalue weighted by Crippen LogP contribution is 2.41. The van der Waals surface area contributed by atoms with Gasteiger partial charge in [0.2, 0.25) is 12.7 Å². The van der Waals surface area contributed by atoms with E-state index >= 15 is 0 Å². The lowest BCUT2D eigenvalue weighted by Crippen LogP contribution is -2.39. The molecule has 0 aromatic heterocycles. The number of anilines is 1. The maximum Gasteiger partial charge on any atom is 0.265 e. The van der Waals surface area contributed by atoms with Gasteiger partial charge >= 0.3 is 0 Å². The SMILES string of the molecule is C[C@@H](NC(=O)CN1c2cccc3cccc(c23)S1(=O)=O)c1ccc2c(c1)OCO2. The number of hydrogen-bond acceptors (Lipinski definition) is 5. The second kappa shape index (κ2) is 6.38. The van der Waals surface area contributed by atoms with Crippen LogP contribution in [0.5, 0.6) is 11.5 Å². The highest BCUT2D eigenvalue weighted by atomic mass is 32.2. The number of ether oxygens (including phenoxy) is 2. The lowest BCUT2D eigenvalue weighted by atomic mass is 10.1. The number of sulfonamides is 1. The quantitative estimate of drug-likeness (QED) is 0.715. The molecule has 0 unspecified atom stereocenters. The van der Waals surface area contributed by atoms with Crippen molar-refractivity contribution >= 4 is 32.4 Å². The Labute approximate surface area is 167 Å². The molecule has 1 amide bonds.